The maximum atomic E-state index is 12.8. The van der Waals surface area contributed by atoms with Gasteiger partial charge in [-0.1, -0.05) is 37.3 Å². The van der Waals surface area contributed by atoms with E-state index < -0.39 is 0 Å². The molecule has 1 aromatic heterocycles. The number of halogens is 1. The van der Waals surface area contributed by atoms with Gasteiger partial charge >= 0.3 is 0 Å². The zero-order valence-corrected chi connectivity index (χ0v) is 12.9. The van der Waals surface area contributed by atoms with Gasteiger partial charge in [-0.25, -0.2) is 4.39 Å². The van der Waals surface area contributed by atoms with Crippen molar-refractivity contribution in [3.63, 3.8) is 0 Å². The number of carbonyl (C=O) groups is 1. The largest absolute Gasteiger partial charge is 0.300 e. The second-order valence-electron chi connectivity index (χ2n) is 4.81. The molecule has 1 heterocycles. The number of benzene rings is 1. The van der Waals surface area contributed by atoms with Crippen LogP contribution < -0.4 is 5.32 Å². The molecule has 0 unspecified atom stereocenters. The summed E-state index contributed by atoms with van der Waals surface area (Å²) >= 11 is 1.42. The van der Waals surface area contributed by atoms with E-state index in [4.69, 9.17) is 0 Å². The quantitative estimate of drug-likeness (QED) is 0.884. The van der Waals surface area contributed by atoms with Crippen LogP contribution in [0.3, 0.4) is 0 Å². The van der Waals surface area contributed by atoms with E-state index in [1.165, 1.54) is 23.5 Å². The van der Waals surface area contributed by atoms with Crippen LogP contribution in [0.1, 0.15) is 43.2 Å². The van der Waals surface area contributed by atoms with Crippen molar-refractivity contribution in [1.82, 2.24) is 10.2 Å². The second kappa shape index (κ2) is 7.26. The predicted octanol–water partition coefficient (Wildman–Crippen LogP) is 3.76. The summed E-state index contributed by atoms with van der Waals surface area (Å²) in [4.78, 5) is 11.9. The minimum absolute atomic E-state index is 0.172. The average Bonchev–Trinajstić information content (AvgIpc) is 2.91. The van der Waals surface area contributed by atoms with Crippen molar-refractivity contribution >= 4 is 22.4 Å². The molecule has 0 saturated heterocycles. The van der Waals surface area contributed by atoms with Crippen LogP contribution in [0.25, 0.3) is 0 Å². The lowest BCUT2D eigenvalue weighted by Crippen LogP contribution is -2.14. The van der Waals surface area contributed by atoms with Gasteiger partial charge in [0, 0.05) is 5.92 Å². The highest BCUT2D eigenvalue weighted by Gasteiger charge is 2.14. The van der Waals surface area contributed by atoms with Crippen LogP contribution in [0, 0.1) is 5.82 Å². The van der Waals surface area contributed by atoms with E-state index >= 15 is 0 Å². The maximum absolute atomic E-state index is 12.8. The zero-order chi connectivity index (χ0) is 15.2. The molecule has 0 aliphatic rings. The number of aromatic nitrogens is 2. The summed E-state index contributed by atoms with van der Waals surface area (Å²) in [6.45, 7) is 4.23. The third-order valence-electron chi connectivity index (χ3n) is 3.30. The molecule has 0 aliphatic carbocycles. The summed E-state index contributed by atoms with van der Waals surface area (Å²) in [6, 6.07) is 5.90. The monoisotopic (exact) mass is 307 g/mol. The normalized spacial score (nSPS) is 10.9. The van der Waals surface area contributed by atoms with Gasteiger partial charge in [-0.2, -0.15) is 0 Å². The molecule has 21 heavy (non-hydrogen) atoms. The van der Waals surface area contributed by atoms with Gasteiger partial charge in [0.05, 0.1) is 6.42 Å². The Morgan fingerprint density at radius 2 is 1.90 bits per heavy atom. The molecule has 0 bridgehead atoms. The van der Waals surface area contributed by atoms with E-state index in [2.05, 4.69) is 29.4 Å². The first-order chi connectivity index (χ1) is 10.1. The molecule has 0 spiro atoms. The van der Waals surface area contributed by atoms with E-state index in [0.717, 1.165) is 23.4 Å². The molecule has 1 N–H and O–H groups in total. The fourth-order valence-electron chi connectivity index (χ4n) is 2.04. The van der Waals surface area contributed by atoms with Crippen LogP contribution in [-0.2, 0) is 11.2 Å². The molecule has 0 aliphatic heterocycles. The Kier molecular flexibility index (Phi) is 5.38. The van der Waals surface area contributed by atoms with Gasteiger partial charge in [-0.15, -0.1) is 10.2 Å². The molecule has 1 aromatic carbocycles. The smallest absolute Gasteiger partial charge is 0.230 e. The Balaban J connectivity index is 1.95. The van der Waals surface area contributed by atoms with Gasteiger partial charge in [0.1, 0.15) is 10.8 Å². The Morgan fingerprint density at radius 1 is 1.24 bits per heavy atom. The summed E-state index contributed by atoms with van der Waals surface area (Å²) in [6.07, 6.45) is 2.21. The maximum Gasteiger partial charge on any atom is 0.230 e. The number of amides is 1. The SMILES string of the molecule is CCC(CC)c1nnc(NC(=O)Cc2ccc(F)cc2)s1. The highest BCUT2D eigenvalue weighted by molar-refractivity contribution is 7.15. The molecule has 4 nitrogen and oxygen atoms in total. The first-order valence-corrected chi connectivity index (χ1v) is 7.81. The summed E-state index contributed by atoms with van der Waals surface area (Å²) < 4.78 is 12.8. The van der Waals surface area contributed by atoms with E-state index in [0.29, 0.717) is 11.0 Å². The first kappa shape index (κ1) is 15.6. The number of nitrogens with zero attached hydrogens (tertiary/aromatic N) is 2. The lowest BCUT2D eigenvalue weighted by Gasteiger charge is -2.05. The zero-order valence-electron chi connectivity index (χ0n) is 12.1. The van der Waals surface area contributed by atoms with Crippen molar-refractivity contribution in [3.05, 3.63) is 40.7 Å². The molecule has 0 radical (unpaired) electrons. The molecule has 2 aromatic rings. The van der Waals surface area contributed by atoms with E-state index in [-0.39, 0.29) is 18.1 Å². The van der Waals surface area contributed by atoms with Crippen LogP contribution in [0.2, 0.25) is 0 Å². The topological polar surface area (TPSA) is 54.9 Å². The summed E-state index contributed by atoms with van der Waals surface area (Å²) in [5, 5.41) is 12.4. The van der Waals surface area contributed by atoms with Crippen molar-refractivity contribution < 1.29 is 9.18 Å². The number of carbonyl (C=O) groups excluding carboxylic acids is 1. The molecular formula is C15H18FN3OS. The summed E-state index contributed by atoms with van der Waals surface area (Å²) in [5.74, 6) is -0.0859. The summed E-state index contributed by atoms with van der Waals surface area (Å²) in [7, 11) is 0. The fourth-order valence-corrected chi connectivity index (χ4v) is 3.07. The fraction of sp³-hybridized carbons (Fsp3) is 0.400. The molecule has 0 saturated carbocycles. The third kappa shape index (κ3) is 4.32. The Morgan fingerprint density at radius 3 is 2.52 bits per heavy atom. The highest BCUT2D eigenvalue weighted by Crippen LogP contribution is 2.28. The number of hydrogen-bond acceptors (Lipinski definition) is 4. The standard InChI is InChI=1S/C15H18FN3OS/c1-3-11(4-2)14-18-19-15(21-14)17-13(20)9-10-5-7-12(16)8-6-10/h5-8,11H,3-4,9H2,1-2H3,(H,17,19,20). The molecular weight excluding hydrogens is 289 g/mol. The van der Waals surface area contributed by atoms with Crippen LogP contribution >= 0.6 is 11.3 Å². The Hall–Kier alpha value is -1.82. The number of rotatable bonds is 6. The summed E-state index contributed by atoms with van der Waals surface area (Å²) in [5.41, 5.74) is 0.763. The minimum atomic E-state index is -0.307. The lowest BCUT2D eigenvalue weighted by atomic mass is 10.1. The molecule has 1 amide bonds. The van der Waals surface area contributed by atoms with Crippen LogP contribution in [-0.4, -0.2) is 16.1 Å². The van der Waals surface area contributed by atoms with E-state index in [9.17, 15) is 9.18 Å². The van der Waals surface area contributed by atoms with Crippen molar-refractivity contribution in [1.29, 1.82) is 0 Å². The van der Waals surface area contributed by atoms with Gasteiger partial charge in [0.25, 0.3) is 0 Å². The van der Waals surface area contributed by atoms with Crippen LogP contribution in [0.5, 0.6) is 0 Å². The van der Waals surface area contributed by atoms with Gasteiger partial charge in [-0.3, -0.25) is 4.79 Å². The van der Waals surface area contributed by atoms with E-state index in [1.807, 2.05) is 0 Å². The Bertz CT molecular complexity index is 593. The molecule has 6 heteroatoms. The highest BCUT2D eigenvalue weighted by atomic mass is 32.1. The van der Waals surface area contributed by atoms with Crippen molar-refractivity contribution in [2.75, 3.05) is 5.32 Å². The molecule has 0 fully saturated rings. The first-order valence-electron chi connectivity index (χ1n) is 7.00. The van der Waals surface area contributed by atoms with E-state index in [1.54, 1.807) is 12.1 Å². The average molecular weight is 307 g/mol. The number of anilines is 1. The van der Waals surface area contributed by atoms with Crippen molar-refractivity contribution in [2.24, 2.45) is 0 Å². The molecule has 2 rings (SSSR count). The lowest BCUT2D eigenvalue weighted by molar-refractivity contribution is -0.115. The molecule has 112 valence electrons. The van der Waals surface area contributed by atoms with Crippen molar-refractivity contribution in [3.8, 4) is 0 Å². The third-order valence-corrected chi connectivity index (χ3v) is 4.30. The van der Waals surface area contributed by atoms with Gasteiger partial charge < -0.3 is 5.32 Å². The second-order valence-corrected chi connectivity index (χ2v) is 5.82. The number of nitrogens with one attached hydrogen (secondary N) is 1. The molecule has 0 atom stereocenters. The van der Waals surface area contributed by atoms with Crippen LogP contribution in [0.4, 0.5) is 9.52 Å². The van der Waals surface area contributed by atoms with Gasteiger partial charge in [0.2, 0.25) is 11.0 Å². The van der Waals surface area contributed by atoms with Crippen molar-refractivity contribution in [2.45, 2.75) is 39.0 Å². The predicted molar refractivity (Wildman–Crippen MR) is 82.0 cm³/mol. The van der Waals surface area contributed by atoms with Crippen LogP contribution in [0.15, 0.2) is 24.3 Å². The number of hydrogen-bond donors (Lipinski definition) is 1. The van der Waals surface area contributed by atoms with Gasteiger partial charge in [-0.05, 0) is 30.5 Å². The van der Waals surface area contributed by atoms with Gasteiger partial charge in [0.15, 0.2) is 0 Å². The minimum Gasteiger partial charge on any atom is -0.300 e. The Labute approximate surface area is 127 Å².